The van der Waals surface area contributed by atoms with E-state index in [1.165, 1.54) is 18.4 Å². The van der Waals surface area contributed by atoms with Crippen molar-refractivity contribution in [2.24, 2.45) is 17.8 Å². The van der Waals surface area contributed by atoms with E-state index in [4.69, 9.17) is 14.6 Å². The maximum atomic E-state index is 14.0. The van der Waals surface area contributed by atoms with Gasteiger partial charge in [0.15, 0.2) is 0 Å². The Morgan fingerprint density at radius 1 is 1.15 bits per heavy atom. The average molecular weight is 490 g/mol. The Labute approximate surface area is 208 Å². The molecule has 34 heavy (non-hydrogen) atoms. The molecule has 0 aliphatic heterocycles. The standard InChI is InChI=1S/C27H39NO5S/c1-18(2)5-14-23-17-24(25(34-23)27(31)32-4)28(26(30)20-8-6-19(3)7-9-20)21-10-12-22(13-11-21)33-16-15-29/h17-22,29H,6-13,15-16H2,1-4H3/t19?,20?,21-,22-. The van der Waals surface area contributed by atoms with Crippen LogP contribution in [0.15, 0.2) is 6.07 Å². The second-order valence-electron chi connectivity index (χ2n) is 9.93. The van der Waals surface area contributed by atoms with Crippen LogP contribution in [0, 0.1) is 29.6 Å². The molecule has 0 saturated heterocycles. The molecule has 2 aliphatic rings. The van der Waals surface area contributed by atoms with Gasteiger partial charge in [-0.2, -0.15) is 0 Å². The molecule has 2 saturated carbocycles. The molecule has 188 valence electrons. The number of carbonyl (C=O) groups is 2. The summed E-state index contributed by atoms with van der Waals surface area (Å²) in [4.78, 5) is 29.9. The maximum Gasteiger partial charge on any atom is 0.350 e. The van der Waals surface area contributed by atoms with Crippen molar-refractivity contribution < 1.29 is 24.2 Å². The number of thiophene rings is 1. The summed E-state index contributed by atoms with van der Waals surface area (Å²) in [6, 6.07) is 1.91. The van der Waals surface area contributed by atoms with Gasteiger partial charge in [-0.05, 0) is 63.4 Å². The summed E-state index contributed by atoms with van der Waals surface area (Å²) in [6.07, 6.45) is 7.26. The fourth-order valence-electron chi connectivity index (χ4n) is 4.96. The fraction of sp³-hybridized carbons (Fsp3) is 0.704. The number of hydrogen-bond donors (Lipinski definition) is 1. The van der Waals surface area contributed by atoms with Crippen molar-refractivity contribution in [2.75, 3.05) is 25.2 Å². The molecule has 0 atom stereocenters. The van der Waals surface area contributed by atoms with Gasteiger partial charge in [0.25, 0.3) is 0 Å². The summed E-state index contributed by atoms with van der Waals surface area (Å²) in [5.74, 6) is 6.89. The lowest BCUT2D eigenvalue weighted by molar-refractivity contribution is -0.124. The molecule has 0 bridgehead atoms. The maximum absolute atomic E-state index is 14.0. The molecule has 1 aromatic rings. The Hall–Kier alpha value is -1.88. The molecule has 0 spiro atoms. The highest BCUT2D eigenvalue weighted by atomic mass is 32.1. The van der Waals surface area contributed by atoms with E-state index in [0.29, 0.717) is 23.1 Å². The van der Waals surface area contributed by atoms with Gasteiger partial charge in [0.05, 0.1) is 37.0 Å². The molecule has 7 heteroatoms. The summed E-state index contributed by atoms with van der Waals surface area (Å²) in [6.45, 7) is 6.66. The third-order valence-electron chi connectivity index (χ3n) is 6.88. The van der Waals surface area contributed by atoms with E-state index in [1.807, 2.05) is 24.8 Å². The zero-order valence-corrected chi connectivity index (χ0v) is 21.8. The molecule has 2 aliphatic carbocycles. The van der Waals surface area contributed by atoms with Gasteiger partial charge in [0.1, 0.15) is 4.88 Å². The number of ether oxygens (including phenoxy) is 2. The largest absolute Gasteiger partial charge is 0.465 e. The molecule has 0 aromatic carbocycles. The van der Waals surface area contributed by atoms with E-state index in [-0.39, 0.29) is 36.5 Å². The molecule has 2 fully saturated rings. The van der Waals surface area contributed by atoms with Crippen LogP contribution in [0.1, 0.15) is 86.7 Å². The first-order valence-corrected chi connectivity index (χ1v) is 13.4. The Morgan fingerprint density at radius 3 is 2.41 bits per heavy atom. The first-order chi connectivity index (χ1) is 16.3. The van der Waals surface area contributed by atoms with Crippen molar-refractivity contribution in [1.29, 1.82) is 0 Å². The van der Waals surface area contributed by atoms with Crippen molar-refractivity contribution >= 4 is 28.9 Å². The van der Waals surface area contributed by atoms with Gasteiger partial charge >= 0.3 is 5.97 Å². The smallest absolute Gasteiger partial charge is 0.350 e. The van der Waals surface area contributed by atoms with Gasteiger partial charge < -0.3 is 19.5 Å². The number of nitrogens with zero attached hydrogens (tertiary/aromatic N) is 1. The monoisotopic (exact) mass is 489 g/mol. The van der Waals surface area contributed by atoms with Crippen LogP contribution in [0.2, 0.25) is 0 Å². The van der Waals surface area contributed by atoms with Gasteiger partial charge in [-0.25, -0.2) is 4.79 Å². The van der Waals surface area contributed by atoms with E-state index >= 15 is 0 Å². The lowest BCUT2D eigenvalue weighted by atomic mass is 9.81. The highest BCUT2D eigenvalue weighted by Gasteiger charge is 2.37. The summed E-state index contributed by atoms with van der Waals surface area (Å²) < 4.78 is 10.8. The summed E-state index contributed by atoms with van der Waals surface area (Å²) in [7, 11) is 1.38. The Morgan fingerprint density at radius 2 is 1.82 bits per heavy atom. The number of carbonyl (C=O) groups excluding carboxylic acids is 2. The van der Waals surface area contributed by atoms with Crippen LogP contribution in [0.3, 0.4) is 0 Å². The van der Waals surface area contributed by atoms with Crippen molar-refractivity contribution in [3.8, 4) is 11.8 Å². The predicted molar refractivity (Wildman–Crippen MR) is 135 cm³/mol. The van der Waals surface area contributed by atoms with Gasteiger partial charge in [-0.1, -0.05) is 32.6 Å². The van der Waals surface area contributed by atoms with Crippen LogP contribution in [0.25, 0.3) is 0 Å². The van der Waals surface area contributed by atoms with Crippen LogP contribution in [-0.2, 0) is 14.3 Å². The number of rotatable bonds is 7. The third kappa shape index (κ3) is 6.84. The van der Waals surface area contributed by atoms with Crippen LogP contribution in [-0.4, -0.2) is 49.5 Å². The van der Waals surface area contributed by atoms with E-state index in [2.05, 4.69) is 18.8 Å². The Kier molecular flexibility index (Phi) is 9.99. The van der Waals surface area contributed by atoms with Gasteiger partial charge in [0.2, 0.25) is 5.91 Å². The van der Waals surface area contributed by atoms with E-state index < -0.39 is 5.97 Å². The first kappa shape index (κ1) is 26.7. The zero-order valence-electron chi connectivity index (χ0n) is 21.0. The number of aliphatic hydroxyl groups is 1. The van der Waals surface area contributed by atoms with Crippen LogP contribution < -0.4 is 4.90 Å². The Balaban J connectivity index is 1.94. The van der Waals surface area contributed by atoms with Crippen LogP contribution in [0.4, 0.5) is 5.69 Å². The van der Waals surface area contributed by atoms with Gasteiger partial charge in [-0.15, -0.1) is 11.3 Å². The fourth-order valence-corrected chi connectivity index (χ4v) is 5.89. The summed E-state index contributed by atoms with van der Waals surface area (Å²) in [5, 5.41) is 9.08. The lowest BCUT2D eigenvalue weighted by Gasteiger charge is -2.39. The van der Waals surface area contributed by atoms with Crippen LogP contribution in [0.5, 0.6) is 0 Å². The topological polar surface area (TPSA) is 76.1 Å². The number of anilines is 1. The molecule has 3 rings (SSSR count). The minimum absolute atomic E-state index is 0.00439. The molecule has 0 radical (unpaired) electrons. The number of hydrogen-bond acceptors (Lipinski definition) is 6. The second kappa shape index (κ2) is 12.7. The Bertz CT molecular complexity index is 883. The van der Waals surface area contributed by atoms with E-state index in [1.54, 1.807) is 0 Å². The minimum atomic E-state index is -0.423. The normalized spacial score (nSPS) is 24.9. The minimum Gasteiger partial charge on any atom is -0.465 e. The quantitative estimate of drug-likeness (QED) is 0.430. The average Bonchev–Trinajstić information content (AvgIpc) is 3.26. The van der Waals surface area contributed by atoms with Crippen molar-refractivity contribution in [3.63, 3.8) is 0 Å². The van der Waals surface area contributed by atoms with Crippen molar-refractivity contribution in [1.82, 2.24) is 0 Å². The zero-order chi connectivity index (χ0) is 24.7. The molecule has 1 heterocycles. The second-order valence-corrected chi connectivity index (χ2v) is 11.0. The number of methoxy groups -OCH3 is 1. The van der Waals surface area contributed by atoms with Crippen molar-refractivity contribution in [3.05, 3.63) is 15.8 Å². The molecule has 1 N–H and O–H groups in total. The predicted octanol–water partition coefficient (Wildman–Crippen LogP) is 5.02. The molecular weight excluding hydrogens is 450 g/mol. The van der Waals surface area contributed by atoms with Crippen LogP contribution >= 0.6 is 11.3 Å². The number of amides is 1. The summed E-state index contributed by atoms with van der Waals surface area (Å²) >= 11 is 1.31. The highest BCUT2D eigenvalue weighted by molar-refractivity contribution is 7.15. The van der Waals surface area contributed by atoms with Crippen molar-refractivity contribution in [2.45, 2.75) is 84.3 Å². The van der Waals surface area contributed by atoms with Gasteiger partial charge in [0, 0.05) is 17.9 Å². The molecule has 6 nitrogen and oxygen atoms in total. The number of aliphatic hydroxyl groups excluding tert-OH is 1. The summed E-state index contributed by atoms with van der Waals surface area (Å²) in [5.41, 5.74) is 0.647. The molecule has 1 amide bonds. The van der Waals surface area contributed by atoms with Gasteiger partial charge in [-0.3, -0.25) is 4.79 Å². The lowest BCUT2D eigenvalue weighted by Crippen LogP contribution is -2.47. The third-order valence-corrected chi connectivity index (χ3v) is 7.90. The molecule has 0 unspecified atom stereocenters. The van der Waals surface area contributed by atoms with E-state index in [9.17, 15) is 9.59 Å². The molecule has 1 aromatic heterocycles. The van der Waals surface area contributed by atoms with E-state index in [0.717, 1.165) is 56.2 Å². The SMILES string of the molecule is COC(=O)c1sc(C#CC(C)C)cc1N(C(=O)C1CCC(C)CC1)[C@H]1CC[C@H](OCCO)CC1. The number of esters is 1. The molecular formula is C27H39NO5S. The highest BCUT2D eigenvalue weighted by Crippen LogP contribution is 2.39. The first-order valence-electron chi connectivity index (χ1n) is 12.6.